The summed E-state index contributed by atoms with van der Waals surface area (Å²) in [5, 5.41) is 11.5. The number of aliphatic hydroxyl groups excluding tert-OH is 1. The monoisotopic (exact) mass is 198 g/mol. The SMILES string of the molecule is CCC(CO)NC(=O)c1ncc(C)o1. The Morgan fingerprint density at radius 2 is 2.50 bits per heavy atom. The number of oxazole rings is 1. The van der Waals surface area contributed by atoms with Crippen LogP contribution in [-0.4, -0.2) is 28.6 Å². The molecule has 1 aromatic heterocycles. The first-order valence-electron chi connectivity index (χ1n) is 4.51. The summed E-state index contributed by atoms with van der Waals surface area (Å²) in [5.74, 6) is 0.237. The van der Waals surface area contributed by atoms with Crippen molar-refractivity contribution < 1.29 is 14.3 Å². The maximum absolute atomic E-state index is 11.4. The van der Waals surface area contributed by atoms with E-state index in [-0.39, 0.29) is 24.4 Å². The van der Waals surface area contributed by atoms with E-state index >= 15 is 0 Å². The lowest BCUT2D eigenvalue weighted by molar-refractivity contribution is 0.0878. The number of aromatic nitrogens is 1. The van der Waals surface area contributed by atoms with E-state index in [0.29, 0.717) is 12.2 Å². The highest BCUT2D eigenvalue weighted by atomic mass is 16.4. The van der Waals surface area contributed by atoms with Gasteiger partial charge >= 0.3 is 5.91 Å². The van der Waals surface area contributed by atoms with Gasteiger partial charge in [0.05, 0.1) is 18.8 Å². The number of aliphatic hydroxyl groups is 1. The molecule has 14 heavy (non-hydrogen) atoms. The van der Waals surface area contributed by atoms with Gasteiger partial charge in [0.2, 0.25) is 0 Å². The standard InChI is InChI=1S/C9H14N2O3/c1-3-7(5-12)11-8(13)9-10-4-6(2)14-9/h4,7,12H,3,5H2,1-2H3,(H,11,13). The van der Waals surface area contributed by atoms with Crippen LogP contribution in [-0.2, 0) is 0 Å². The second-order valence-electron chi connectivity index (χ2n) is 3.04. The number of amides is 1. The van der Waals surface area contributed by atoms with Crippen molar-refractivity contribution in [3.63, 3.8) is 0 Å². The predicted octanol–water partition coefficient (Wildman–Crippen LogP) is 0.484. The lowest BCUT2D eigenvalue weighted by atomic mass is 10.2. The van der Waals surface area contributed by atoms with Crippen molar-refractivity contribution in [2.24, 2.45) is 0 Å². The summed E-state index contributed by atoms with van der Waals surface area (Å²) in [5.41, 5.74) is 0. The molecule has 1 rings (SSSR count). The van der Waals surface area contributed by atoms with Crippen molar-refractivity contribution in [3.05, 3.63) is 17.8 Å². The number of carbonyl (C=O) groups excluding carboxylic acids is 1. The zero-order valence-corrected chi connectivity index (χ0v) is 8.28. The van der Waals surface area contributed by atoms with Gasteiger partial charge in [0.1, 0.15) is 5.76 Å². The van der Waals surface area contributed by atoms with Gasteiger partial charge in [-0.15, -0.1) is 0 Å². The Morgan fingerprint density at radius 3 is 2.93 bits per heavy atom. The molecule has 0 saturated carbocycles. The van der Waals surface area contributed by atoms with Crippen molar-refractivity contribution in [1.82, 2.24) is 10.3 Å². The van der Waals surface area contributed by atoms with E-state index in [1.165, 1.54) is 6.20 Å². The highest BCUT2D eigenvalue weighted by Gasteiger charge is 2.15. The quantitative estimate of drug-likeness (QED) is 0.738. The summed E-state index contributed by atoms with van der Waals surface area (Å²) in [4.78, 5) is 15.2. The average molecular weight is 198 g/mol. The Balaban J connectivity index is 2.58. The molecule has 0 saturated heterocycles. The number of rotatable bonds is 4. The molecule has 78 valence electrons. The van der Waals surface area contributed by atoms with Crippen LogP contribution in [0.25, 0.3) is 0 Å². The summed E-state index contributed by atoms with van der Waals surface area (Å²) in [6, 6.07) is -0.241. The molecule has 1 unspecified atom stereocenters. The van der Waals surface area contributed by atoms with Crippen LogP contribution in [0.2, 0.25) is 0 Å². The third-order valence-electron chi connectivity index (χ3n) is 1.86. The molecule has 0 aromatic carbocycles. The zero-order valence-electron chi connectivity index (χ0n) is 8.28. The van der Waals surface area contributed by atoms with E-state index in [1.54, 1.807) is 6.92 Å². The van der Waals surface area contributed by atoms with Gasteiger partial charge in [0.25, 0.3) is 5.89 Å². The Kier molecular flexibility index (Phi) is 3.64. The van der Waals surface area contributed by atoms with Crippen molar-refractivity contribution in [2.75, 3.05) is 6.61 Å². The minimum atomic E-state index is -0.390. The molecule has 0 bridgehead atoms. The highest BCUT2D eigenvalue weighted by molar-refractivity contribution is 5.89. The second kappa shape index (κ2) is 4.76. The molecule has 0 spiro atoms. The second-order valence-corrected chi connectivity index (χ2v) is 3.04. The molecule has 1 amide bonds. The normalized spacial score (nSPS) is 12.5. The number of nitrogens with zero attached hydrogens (tertiary/aromatic N) is 1. The molecule has 0 aliphatic heterocycles. The van der Waals surface area contributed by atoms with Crippen LogP contribution < -0.4 is 5.32 Å². The number of hydrogen-bond donors (Lipinski definition) is 2. The highest BCUT2D eigenvalue weighted by Crippen LogP contribution is 2.02. The van der Waals surface area contributed by atoms with Gasteiger partial charge in [-0.25, -0.2) is 4.98 Å². The van der Waals surface area contributed by atoms with Crippen LogP contribution in [0.15, 0.2) is 10.6 Å². The van der Waals surface area contributed by atoms with Crippen LogP contribution >= 0.6 is 0 Å². The van der Waals surface area contributed by atoms with Gasteiger partial charge in [-0.05, 0) is 13.3 Å². The molecular weight excluding hydrogens is 184 g/mol. The molecule has 1 atom stereocenters. The molecule has 0 fully saturated rings. The zero-order chi connectivity index (χ0) is 10.6. The fraction of sp³-hybridized carbons (Fsp3) is 0.556. The van der Waals surface area contributed by atoms with Gasteiger partial charge in [-0.3, -0.25) is 4.79 Å². The first-order valence-corrected chi connectivity index (χ1v) is 4.51. The fourth-order valence-electron chi connectivity index (χ4n) is 0.984. The minimum Gasteiger partial charge on any atom is -0.438 e. The first kappa shape index (κ1) is 10.7. The lowest BCUT2D eigenvalue weighted by Crippen LogP contribution is -2.37. The van der Waals surface area contributed by atoms with Crippen molar-refractivity contribution in [1.29, 1.82) is 0 Å². The molecular formula is C9H14N2O3. The van der Waals surface area contributed by atoms with Gasteiger partial charge in [0, 0.05) is 0 Å². The third kappa shape index (κ3) is 2.56. The van der Waals surface area contributed by atoms with Crippen LogP contribution in [0, 0.1) is 6.92 Å². The van der Waals surface area contributed by atoms with E-state index in [0.717, 1.165) is 0 Å². The van der Waals surface area contributed by atoms with Gasteiger partial charge in [-0.2, -0.15) is 0 Å². The van der Waals surface area contributed by atoms with Crippen LogP contribution in [0.3, 0.4) is 0 Å². The summed E-state index contributed by atoms with van der Waals surface area (Å²) in [7, 11) is 0. The van der Waals surface area contributed by atoms with Crippen LogP contribution in [0.4, 0.5) is 0 Å². The van der Waals surface area contributed by atoms with E-state index < -0.39 is 0 Å². The molecule has 0 aliphatic carbocycles. The van der Waals surface area contributed by atoms with Crippen molar-refractivity contribution >= 4 is 5.91 Å². The van der Waals surface area contributed by atoms with E-state index in [9.17, 15) is 4.79 Å². The topological polar surface area (TPSA) is 75.4 Å². The van der Waals surface area contributed by atoms with Crippen LogP contribution in [0.1, 0.15) is 29.8 Å². The third-order valence-corrected chi connectivity index (χ3v) is 1.86. The number of aryl methyl sites for hydroxylation is 1. The van der Waals surface area contributed by atoms with Gasteiger partial charge < -0.3 is 14.8 Å². The average Bonchev–Trinajstić information content (AvgIpc) is 2.61. The van der Waals surface area contributed by atoms with E-state index in [1.807, 2.05) is 6.92 Å². The van der Waals surface area contributed by atoms with Gasteiger partial charge in [0.15, 0.2) is 0 Å². The number of carbonyl (C=O) groups is 1. The maximum Gasteiger partial charge on any atom is 0.307 e. The molecule has 2 N–H and O–H groups in total. The smallest absolute Gasteiger partial charge is 0.307 e. The minimum absolute atomic E-state index is 0.0365. The summed E-state index contributed by atoms with van der Waals surface area (Å²) >= 11 is 0. The summed E-state index contributed by atoms with van der Waals surface area (Å²) in [6.45, 7) is 3.51. The molecule has 1 aromatic rings. The molecule has 0 radical (unpaired) electrons. The lowest BCUT2D eigenvalue weighted by Gasteiger charge is -2.11. The van der Waals surface area contributed by atoms with E-state index in [2.05, 4.69) is 10.3 Å². The fourth-order valence-corrected chi connectivity index (χ4v) is 0.984. The predicted molar refractivity (Wildman–Crippen MR) is 49.9 cm³/mol. The van der Waals surface area contributed by atoms with Crippen LogP contribution in [0.5, 0.6) is 0 Å². The Bertz CT molecular complexity index is 305. The van der Waals surface area contributed by atoms with Crippen molar-refractivity contribution in [2.45, 2.75) is 26.3 Å². The molecule has 5 nitrogen and oxygen atoms in total. The Hall–Kier alpha value is -1.36. The molecule has 1 heterocycles. The number of nitrogens with one attached hydrogen (secondary N) is 1. The Labute approximate surface area is 82.1 Å². The van der Waals surface area contributed by atoms with E-state index in [4.69, 9.17) is 9.52 Å². The number of hydrogen-bond acceptors (Lipinski definition) is 4. The first-order chi connectivity index (χ1) is 6.67. The molecule has 5 heteroatoms. The summed E-state index contributed by atoms with van der Waals surface area (Å²) < 4.78 is 5.03. The Morgan fingerprint density at radius 1 is 1.79 bits per heavy atom. The van der Waals surface area contributed by atoms with Gasteiger partial charge in [-0.1, -0.05) is 6.92 Å². The largest absolute Gasteiger partial charge is 0.438 e. The van der Waals surface area contributed by atoms with Crippen molar-refractivity contribution in [3.8, 4) is 0 Å². The summed E-state index contributed by atoms with van der Waals surface area (Å²) in [6.07, 6.45) is 2.15. The molecule has 0 aliphatic rings. The maximum atomic E-state index is 11.4.